The van der Waals surface area contributed by atoms with E-state index < -0.39 is 17.2 Å². The summed E-state index contributed by atoms with van der Waals surface area (Å²) in [6.07, 6.45) is 0. The minimum absolute atomic E-state index is 0.376. The highest BCUT2D eigenvalue weighted by atomic mass is 16.6. The van der Waals surface area contributed by atoms with Crippen molar-refractivity contribution in [3.8, 4) is 0 Å². The zero-order chi connectivity index (χ0) is 14.0. The molecular weight excluding hydrogens is 232 g/mol. The molecule has 0 aliphatic heterocycles. The van der Waals surface area contributed by atoms with Crippen LogP contribution in [0.5, 0.6) is 0 Å². The Bertz CT molecular complexity index is 412. The van der Waals surface area contributed by atoms with E-state index in [1.807, 2.05) is 0 Å². The van der Waals surface area contributed by atoms with Crippen molar-refractivity contribution in [3.05, 3.63) is 35.4 Å². The zero-order valence-electron chi connectivity index (χ0n) is 11.2. The summed E-state index contributed by atoms with van der Waals surface area (Å²) >= 11 is 0. The minimum atomic E-state index is -1.30. The Morgan fingerprint density at radius 1 is 1.17 bits per heavy atom. The van der Waals surface area contributed by atoms with Crippen LogP contribution in [0, 0.1) is 0 Å². The highest BCUT2D eigenvalue weighted by Crippen LogP contribution is 2.21. The molecule has 4 nitrogen and oxygen atoms in total. The van der Waals surface area contributed by atoms with Gasteiger partial charge in [-0.1, -0.05) is 12.1 Å². The smallest absolute Gasteiger partial charge is 0.338 e. The van der Waals surface area contributed by atoms with Gasteiger partial charge in [-0.2, -0.15) is 0 Å². The van der Waals surface area contributed by atoms with E-state index in [2.05, 4.69) is 0 Å². The van der Waals surface area contributed by atoms with Crippen molar-refractivity contribution in [3.63, 3.8) is 0 Å². The van der Waals surface area contributed by atoms with E-state index in [9.17, 15) is 9.90 Å². The van der Waals surface area contributed by atoms with Gasteiger partial charge in [0, 0.05) is 0 Å². The molecule has 0 heterocycles. The molecule has 0 fully saturated rings. The molecular formula is C14H20O4. The van der Waals surface area contributed by atoms with Crippen LogP contribution in [-0.4, -0.2) is 28.4 Å². The highest BCUT2D eigenvalue weighted by Gasteiger charge is 2.23. The van der Waals surface area contributed by atoms with Crippen LogP contribution in [0.4, 0.5) is 0 Å². The Hall–Kier alpha value is -1.39. The first-order valence-electron chi connectivity index (χ1n) is 5.83. The molecule has 1 aromatic rings. The van der Waals surface area contributed by atoms with Crippen molar-refractivity contribution in [2.45, 2.75) is 38.9 Å². The lowest BCUT2D eigenvalue weighted by Gasteiger charge is -2.22. The number of hydrogen-bond donors (Lipinski definition) is 2. The molecule has 18 heavy (non-hydrogen) atoms. The number of hydrogen-bond acceptors (Lipinski definition) is 4. The average Bonchev–Trinajstić information content (AvgIpc) is 2.27. The van der Waals surface area contributed by atoms with Crippen molar-refractivity contribution in [1.29, 1.82) is 0 Å². The number of benzene rings is 1. The summed E-state index contributed by atoms with van der Waals surface area (Å²) in [7, 11) is 0. The Kier molecular flexibility index (Phi) is 4.14. The molecule has 0 radical (unpaired) electrons. The van der Waals surface area contributed by atoms with Gasteiger partial charge in [0.05, 0.1) is 12.2 Å². The molecule has 1 aromatic carbocycles. The van der Waals surface area contributed by atoms with Crippen molar-refractivity contribution in [2.75, 3.05) is 6.61 Å². The van der Waals surface area contributed by atoms with Crippen LogP contribution in [0.2, 0.25) is 0 Å². The molecule has 0 aromatic heterocycles. The van der Waals surface area contributed by atoms with Gasteiger partial charge in [-0.15, -0.1) is 0 Å². The maximum Gasteiger partial charge on any atom is 0.338 e. The van der Waals surface area contributed by atoms with Gasteiger partial charge in [0.25, 0.3) is 0 Å². The zero-order valence-corrected chi connectivity index (χ0v) is 11.2. The van der Waals surface area contributed by atoms with Gasteiger partial charge in [-0.3, -0.25) is 0 Å². The maximum atomic E-state index is 11.8. The number of carbonyl (C=O) groups excluding carboxylic acids is 1. The van der Waals surface area contributed by atoms with Gasteiger partial charge in [-0.25, -0.2) is 4.79 Å². The van der Waals surface area contributed by atoms with Crippen molar-refractivity contribution >= 4 is 5.97 Å². The molecule has 0 saturated carbocycles. The van der Waals surface area contributed by atoms with Gasteiger partial charge in [0.15, 0.2) is 0 Å². The molecule has 4 heteroatoms. The van der Waals surface area contributed by atoms with Crippen LogP contribution in [0.1, 0.15) is 43.6 Å². The summed E-state index contributed by atoms with van der Waals surface area (Å²) < 4.78 is 5.22. The van der Waals surface area contributed by atoms with E-state index in [1.54, 1.807) is 45.0 Å². The van der Waals surface area contributed by atoms with Gasteiger partial charge >= 0.3 is 5.97 Å². The topological polar surface area (TPSA) is 66.8 Å². The van der Waals surface area contributed by atoms with E-state index in [-0.39, 0.29) is 6.61 Å². The molecule has 0 aliphatic carbocycles. The Morgan fingerprint density at radius 2 is 1.67 bits per heavy atom. The summed E-state index contributed by atoms with van der Waals surface area (Å²) in [5, 5.41) is 18.9. The van der Waals surface area contributed by atoms with Gasteiger partial charge < -0.3 is 14.9 Å². The first-order valence-corrected chi connectivity index (χ1v) is 5.83. The second-order valence-electron chi connectivity index (χ2n) is 5.51. The van der Waals surface area contributed by atoms with Crippen molar-refractivity contribution in [2.24, 2.45) is 0 Å². The molecule has 0 amide bonds. The molecule has 0 unspecified atom stereocenters. The third-order valence-electron chi connectivity index (χ3n) is 2.45. The van der Waals surface area contributed by atoms with Crippen LogP contribution in [0.15, 0.2) is 24.3 Å². The van der Waals surface area contributed by atoms with E-state index in [0.29, 0.717) is 11.1 Å². The predicted molar refractivity (Wildman–Crippen MR) is 68.3 cm³/mol. The lowest BCUT2D eigenvalue weighted by Crippen LogP contribution is -2.26. The second kappa shape index (κ2) is 5.08. The normalized spacial score (nSPS) is 15.0. The number of ether oxygens (including phenoxy) is 1. The fourth-order valence-electron chi connectivity index (χ4n) is 1.39. The lowest BCUT2D eigenvalue weighted by atomic mass is 9.96. The number of carbonyl (C=O) groups is 1. The summed E-state index contributed by atoms with van der Waals surface area (Å²) in [5.41, 5.74) is -0.863. The molecule has 1 atom stereocenters. The van der Waals surface area contributed by atoms with Crippen LogP contribution in [-0.2, 0) is 10.3 Å². The first kappa shape index (κ1) is 14.7. The molecule has 0 bridgehead atoms. The van der Waals surface area contributed by atoms with Gasteiger partial charge in [-0.05, 0) is 45.4 Å². The van der Waals surface area contributed by atoms with E-state index in [4.69, 9.17) is 9.84 Å². The quantitative estimate of drug-likeness (QED) is 0.806. The fraction of sp³-hybridized carbons (Fsp3) is 0.500. The van der Waals surface area contributed by atoms with Crippen LogP contribution >= 0.6 is 0 Å². The second-order valence-corrected chi connectivity index (χ2v) is 5.51. The Balaban J connectivity index is 2.87. The summed E-state index contributed by atoms with van der Waals surface area (Å²) in [4.78, 5) is 11.8. The van der Waals surface area contributed by atoms with E-state index >= 15 is 0 Å². The summed E-state index contributed by atoms with van der Waals surface area (Å²) in [6.45, 7) is 6.54. The first-order chi connectivity index (χ1) is 8.15. The van der Waals surface area contributed by atoms with Crippen LogP contribution < -0.4 is 0 Å². The van der Waals surface area contributed by atoms with E-state index in [0.717, 1.165) is 0 Å². The molecule has 0 spiro atoms. The number of aliphatic hydroxyl groups is 2. The standard InChI is InChI=1S/C14H20O4/c1-13(2,3)18-12(16)10-5-7-11(8-6-10)14(4,17)9-15/h5-8,15,17H,9H2,1-4H3/t14-/m1/s1. The third-order valence-corrected chi connectivity index (χ3v) is 2.45. The number of esters is 1. The van der Waals surface area contributed by atoms with Crippen molar-refractivity contribution in [1.82, 2.24) is 0 Å². The van der Waals surface area contributed by atoms with E-state index in [1.165, 1.54) is 6.92 Å². The fourth-order valence-corrected chi connectivity index (χ4v) is 1.39. The molecule has 2 N–H and O–H groups in total. The lowest BCUT2D eigenvalue weighted by molar-refractivity contribution is -0.00254. The highest BCUT2D eigenvalue weighted by molar-refractivity contribution is 5.89. The van der Waals surface area contributed by atoms with Crippen LogP contribution in [0.25, 0.3) is 0 Å². The maximum absolute atomic E-state index is 11.8. The monoisotopic (exact) mass is 252 g/mol. The predicted octanol–water partition coefficient (Wildman–Crippen LogP) is 1.84. The number of aliphatic hydroxyl groups excluding tert-OH is 1. The molecule has 100 valence electrons. The molecule has 0 saturated heterocycles. The third kappa shape index (κ3) is 3.82. The minimum Gasteiger partial charge on any atom is -0.456 e. The SMILES string of the molecule is CC(C)(C)OC(=O)c1ccc([C@](C)(O)CO)cc1. The number of rotatable bonds is 3. The Labute approximate surface area is 107 Å². The Morgan fingerprint density at radius 3 is 2.06 bits per heavy atom. The largest absolute Gasteiger partial charge is 0.456 e. The average molecular weight is 252 g/mol. The summed E-state index contributed by atoms with van der Waals surface area (Å²) in [6, 6.07) is 6.37. The van der Waals surface area contributed by atoms with Gasteiger partial charge in [0.1, 0.15) is 11.2 Å². The molecule has 0 aliphatic rings. The summed E-state index contributed by atoms with van der Waals surface area (Å²) in [5.74, 6) is -0.405. The van der Waals surface area contributed by atoms with Gasteiger partial charge in [0.2, 0.25) is 0 Å². The van der Waals surface area contributed by atoms with Crippen LogP contribution in [0.3, 0.4) is 0 Å². The van der Waals surface area contributed by atoms with Crippen molar-refractivity contribution < 1.29 is 19.7 Å². The molecule has 1 rings (SSSR count).